The molecule has 0 aromatic heterocycles. The fraction of sp³-hybridized carbons (Fsp3) is 0.524. The van der Waals surface area contributed by atoms with Crippen molar-refractivity contribution in [3.8, 4) is 0 Å². The van der Waals surface area contributed by atoms with Crippen LogP contribution in [0.15, 0.2) is 24.3 Å². The molecule has 24 heavy (non-hydrogen) atoms. The number of amides is 2. The first-order valence-corrected chi connectivity index (χ1v) is 9.35. The van der Waals surface area contributed by atoms with Gasteiger partial charge in [0, 0.05) is 12.2 Å². The molecule has 0 N–H and O–H groups in total. The highest BCUT2D eigenvalue weighted by Crippen LogP contribution is 2.40. The molecule has 1 aliphatic heterocycles. The quantitative estimate of drug-likeness (QED) is 0.702. The molecule has 1 aliphatic carbocycles. The first-order valence-electron chi connectivity index (χ1n) is 9.35. The number of unbranched alkanes of at least 4 members (excludes halogenated alkanes) is 2. The lowest BCUT2D eigenvalue weighted by Gasteiger charge is -2.24. The van der Waals surface area contributed by atoms with Crippen LogP contribution in [0.3, 0.4) is 0 Å². The zero-order valence-electron chi connectivity index (χ0n) is 14.8. The third-order valence-electron chi connectivity index (χ3n) is 5.24. The van der Waals surface area contributed by atoms with E-state index in [1.54, 1.807) is 0 Å². The lowest BCUT2D eigenvalue weighted by atomic mass is 9.93. The van der Waals surface area contributed by atoms with E-state index in [2.05, 4.69) is 26.0 Å². The summed E-state index contributed by atoms with van der Waals surface area (Å²) in [5, 5.41) is 0. The minimum absolute atomic E-state index is 0.0723. The molecule has 0 unspecified atom stereocenters. The van der Waals surface area contributed by atoms with E-state index >= 15 is 0 Å². The lowest BCUT2D eigenvalue weighted by molar-refractivity contribution is -0.139. The summed E-state index contributed by atoms with van der Waals surface area (Å²) in [6.45, 7) is 4.43. The van der Waals surface area contributed by atoms with E-state index in [0.717, 1.165) is 25.7 Å². The van der Waals surface area contributed by atoms with Gasteiger partial charge in [0.15, 0.2) is 0 Å². The van der Waals surface area contributed by atoms with Crippen molar-refractivity contribution in [2.45, 2.75) is 71.3 Å². The Bertz CT molecular complexity index is 657. The largest absolute Gasteiger partial charge is 0.269 e. The molecule has 2 aliphatic rings. The topological polar surface area (TPSA) is 37.4 Å². The van der Waals surface area contributed by atoms with Gasteiger partial charge in [0.25, 0.3) is 11.8 Å². The summed E-state index contributed by atoms with van der Waals surface area (Å²) in [4.78, 5) is 25.7. The Morgan fingerprint density at radius 2 is 1.67 bits per heavy atom. The van der Waals surface area contributed by atoms with Crippen LogP contribution in [0, 0.1) is 0 Å². The molecule has 3 nitrogen and oxygen atoms in total. The highest BCUT2D eigenvalue weighted by molar-refractivity contribution is 6.13. The maximum Gasteiger partial charge on any atom is 0.254 e. The van der Waals surface area contributed by atoms with E-state index in [4.69, 9.17) is 0 Å². The Hall–Kier alpha value is -1.90. The van der Waals surface area contributed by atoms with Gasteiger partial charge in [-0.25, -0.2) is 0 Å². The molecule has 3 heteroatoms. The molecule has 1 heterocycles. The minimum atomic E-state index is -0.160. The molecule has 1 aromatic carbocycles. The summed E-state index contributed by atoms with van der Waals surface area (Å²) >= 11 is 0. The average Bonchev–Trinajstić information content (AvgIpc) is 3.13. The summed E-state index contributed by atoms with van der Waals surface area (Å²) < 4.78 is 0. The van der Waals surface area contributed by atoms with Crippen LogP contribution in [0.4, 0.5) is 0 Å². The van der Waals surface area contributed by atoms with Gasteiger partial charge in [0.05, 0.1) is 6.04 Å². The Balaban J connectivity index is 1.95. The number of nitrogens with zero attached hydrogens (tertiary/aromatic N) is 1. The summed E-state index contributed by atoms with van der Waals surface area (Å²) in [6, 6.07) is 4.56. The van der Waals surface area contributed by atoms with Gasteiger partial charge in [0.1, 0.15) is 0 Å². The summed E-state index contributed by atoms with van der Waals surface area (Å²) in [5.41, 5.74) is 5.41. The number of imide groups is 1. The van der Waals surface area contributed by atoms with E-state index in [9.17, 15) is 9.59 Å². The number of rotatable bonds is 7. The van der Waals surface area contributed by atoms with Crippen LogP contribution in [-0.4, -0.2) is 16.7 Å². The van der Waals surface area contributed by atoms with Crippen molar-refractivity contribution < 1.29 is 9.59 Å². The van der Waals surface area contributed by atoms with Gasteiger partial charge in [-0.1, -0.05) is 38.8 Å². The third kappa shape index (κ3) is 3.17. The van der Waals surface area contributed by atoms with Gasteiger partial charge in [-0.05, 0) is 60.8 Å². The first-order chi connectivity index (χ1) is 11.7. The number of benzene rings is 1. The Kier molecular flexibility index (Phi) is 5.17. The Labute approximate surface area is 144 Å². The average molecular weight is 325 g/mol. The van der Waals surface area contributed by atoms with E-state index in [1.807, 2.05) is 0 Å². The summed E-state index contributed by atoms with van der Waals surface area (Å²) in [6.07, 6.45) is 11.6. The van der Waals surface area contributed by atoms with Gasteiger partial charge < -0.3 is 0 Å². The molecule has 2 amide bonds. The van der Waals surface area contributed by atoms with Crippen molar-refractivity contribution in [1.82, 2.24) is 4.90 Å². The molecule has 0 fully saturated rings. The van der Waals surface area contributed by atoms with Crippen molar-refractivity contribution in [2.75, 3.05) is 0 Å². The number of carbonyl (C=O) groups excluding carboxylic acids is 2. The molecule has 0 saturated carbocycles. The zero-order valence-corrected chi connectivity index (χ0v) is 14.8. The number of hydrogen-bond donors (Lipinski definition) is 0. The Morgan fingerprint density at radius 1 is 1.00 bits per heavy atom. The molecule has 0 spiro atoms. The highest BCUT2D eigenvalue weighted by atomic mass is 16.2. The van der Waals surface area contributed by atoms with Gasteiger partial charge in [-0.15, -0.1) is 0 Å². The van der Waals surface area contributed by atoms with Crippen molar-refractivity contribution in [3.05, 3.63) is 46.5 Å². The van der Waals surface area contributed by atoms with Crippen LogP contribution in [0.1, 0.15) is 74.2 Å². The number of hydrogen-bond acceptors (Lipinski definition) is 2. The number of carbonyl (C=O) groups is 2. The monoisotopic (exact) mass is 325 g/mol. The van der Waals surface area contributed by atoms with Crippen molar-refractivity contribution in [1.29, 1.82) is 0 Å². The highest BCUT2D eigenvalue weighted by Gasteiger charge is 2.37. The molecular formula is C21H27NO2. The molecule has 0 radical (unpaired) electrons. The van der Waals surface area contributed by atoms with Crippen LogP contribution >= 0.6 is 0 Å². The minimum Gasteiger partial charge on any atom is -0.269 e. The second-order valence-electron chi connectivity index (χ2n) is 6.96. The molecule has 0 saturated heterocycles. The smallest absolute Gasteiger partial charge is 0.254 e. The number of fused-ring (bicyclic) bond motifs is 1. The molecule has 1 atom stereocenters. The van der Waals surface area contributed by atoms with E-state index in [0.29, 0.717) is 0 Å². The van der Waals surface area contributed by atoms with E-state index in [-0.39, 0.29) is 17.9 Å². The number of aryl methyl sites for hydroxylation is 2. The first kappa shape index (κ1) is 16.9. The van der Waals surface area contributed by atoms with Crippen molar-refractivity contribution >= 4 is 11.8 Å². The van der Waals surface area contributed by atoms with Crippen molar-refractivity contribution in [3.63, 3.8) is 0 Å². The SMILES string of the molecule is CCCCc1cc(CCCC)c2c(c1)[C@@H](N1C(=O)C=CC1=O)CC2. The lowest BCUT2D eigenvalue weighted by Crippen LogP contribution is -2.33. The normalized spacial score (nSPS) is 19.4. The van der Waals surface area contributed by atoms with Crippen LogP contribution in [0.25, 0.3) is 0 Å². The molecule has 1 aromatic rings. The Morgan fingerprint density at radius 3 is 2.33 bits per heavy atom. The van der Waals surface area contributed by atoms with Crippen molar-refractivity contribution in [2.24, 2.45) is 0 Å². The second kappa shape index (κ2) is 7.33. The van der Waals surface area contributed by atoms with Crippen LogP contribution in [0.2, 0.25) is 0 Å². The van der Waals surface area contributed by atoms with Gasteiger partial charge in [0.2, 0.25) is 0 Å². The predicted molar refractivity (Wildman–Crippen MR) is 95.7 cm³/mol. The summed E-state index contributed by atoms with van der Waals surface area (Å²) in [5.74, 6) is -0.321. The third-order valence-corrected chi connectivity index (χ3v) is 5.24. The molecule has 3 rings (SSSR count). The molecule has 0 bridgehead atoms. The fourth-order valence-electron chi connectivity index (χ4n) is 3.97. The standard InChI is InChI=1S/C21H27NO2/c1-3-5-7-15-13-16(8-6-4-2)17-9-10-19(18(17)14-15)22-20(23)11-12-21(22)24/h11-14,19H,3-10H2,1-2H3/t19-/m0/s1. The molecule has 128 valence electrons. The van der Waals surface area contributed by atoms with Gasteiger partial charge in [-0.3, -0.25) is 14.5 Å². The van der Waals surface area contributed by atoms with Crippen LogP contribution < -0.4 is 0 Å². The zero-order chi connectivity index (χ0) is 17.1. The fourth-order valence-corrected chi connectivity index (χ4v) is 3.97. The second-order valence-corrected chi connectivity index (χ2v) is 6.96. The van der Waals surface area contributed by atoms with Crippen LogP contribution in [0.5, 0.6) is 0 Å². The summed E-state index contributed by atoms with van der Waals surface area (Å²) in [7, 11) is 0. The predicted octanol–water partition coefficient (Wildman–Crippen LogP) is 4.28. The van der Waals surface area contributed by atoms with E-state index < -0.39 is 0 Å². The molecular weight excluding hydrogens is 298 g/mol. The van der Waals surface area contributed by atoms with E-state index in [1.165, 1.54) is 65.0 Å². The van der Waals surface area contributed by atoms with Gasteiger partial charge >= 0.3 is 0 Å². The maximum atomic E-state index is 12.1. The van der Waals surface area contributed by atoms with Gasteiger partial charge in [-0.2, -0.15) is 0 Å². The van der Waals surface area contributed by atoms with Crippen LogP contribution in [-0.2, 0) is 28.9 Å². The maximum absolute atomic E-state index is 12.1.